The molecule has 0 N–H and O–H groups in total. The molecular formula is C19H11N3O. The highest BCUT2D eigenvalue weighted by molar-refractivity contribution is 6.03. The van der Waals surface area contributed by atoms with Gasteiger partial charge in [-0.1, -0.05) is 18.2 Å². The van der Waals surface area contributed by atoms with Crippen molar-refractivity contribution in [2.24, 2.45) is 0 Å². The van der Waals surface area contributed by atoms with Crippen LogP contribution in [0.3, 0.4) is 0 Å². The standard InChI is InChI=1S/C19H11N3O/c1-2-4-18-14(3-1)15-5-6-16(22-19(15)23-18)17-9-12-7-8-20-10-13(12)11-21-17/h1-11H. The van der Waals surface area contributed by atoms with Crippen LogP contribution in [0, 0.1) is 0 Å². The highest BCUT2D eigenvalue weighted by Crippen LogP contribution is 2.29. The van der Waals surface area contributed by atoms with Crippen LogP contribution in [0.25, 0.3) is 44.2 Å². The van der Waals surface area contributed by atoms with E-state index in [4.69, 9.17) is 4.42 Å². The minimum atomic E-state index is 0.639. The molecule has 4 nitrogen and oxygen atoms in total. The quantitative estimate of drug-likeness (QED) is 0.454. The number of aromatic nitrogens is 3. The summed E-state index contributed by atoms with van der Waals surface area (Å²) in [6, 6.07) is 16.0. The lowest BCUT2D eigenvalue weighted by Crippen LogP contribution is -1.88. The molecule has 0 amide bonds. The lowest BCUT2D eigenvalue weighted by Gasteiger charge is -2.02. The summed E-state index contributed by atoms with van der Waals surface area (Å²) in [6.45, 7) is 0. The van der Waals surface area contributed by atoms with Crippen molar-refractivity contribution in [3.8, 4) is 11.4 Å². The minimum absolute atomic E-state index is 0.639. The molecule has 5 rings (SSSR count). The monoisotopic (exact) mass is 297 g/mol. The fourth-order valence-electron chi connectivity index (χ4n) is 2.87. The van der Waals surface area contributed by atoms with Crippen LogP contribution in [0.15, 0.2) is 71.5 Å². The van der Waals surface area contributed by atoms with Crippen molar-refractivity contribution in [3.63, 3.8) is 0 Å². The fourth-order valence-corrected chi connectivity index (χ4v) is 2.87. The summed E-state index contributed by atoms with van der Waals surface area (Å²) in [5.41, 5.74) is 3.12. The molecule has 4 aromatic heterocycles. The topological polar surface area (TPSA) is 51.8 Å². The Morgan fingerprint density at radius 3 is 2.74 bits per heavy atom. The first kappa shape index (κ1) is 12.3. The van der Waals surface area contributed by atoms with Gasteiger partial charge in [0, 0.05) is 34.7 Å². The van der Waals surface area contributed by atoms with Gasteiger partial charge in [0.1, 0.15) is 5.58 Å². The van der Waals surface area contributed by atoms with Crippen molar-refractivity contribution in [3.05, 3.63) is 67.1 Å². The third kappa shape index (κ3) is 1.89. The van der Waals surface area contributed by atoms with Crippen molar-refractivity contribution in [2.45, 2.75) is 0 Å². The molecule has 4 heteroatoms. The highest BCUT2D eigenvalue weighted by atomic mass is 16.3. The zero-order valence-electron chi connectivity index (χ0n) is 12.1. The van der Waals surface area contributed by atoms with Gasteiger partial charge in [-0.3, -0.25) is 9.97 Å². The average molecular weight is 297 g/mol. The van der Waals surface area contributed by atoms with Crippen LogP contribution in [0.2, 0.25) is 0 Å². The van der Waals surface area contributed by atoms with Crippen LogP contribution < -0.4 is 0 Å². The van der Waals surface area contributed by atoms with Crippen molar-refractivity contribution < 1.29 is 4.42 Å². The van der Waals surface area contributed by atoms with Gasteiger partial charge in [-0.15, -0.1) is 0 Å². The Labute approximate surface area is 131 Å². The minimum Gasteiger partial charge on any atom is -0.438 e. The largest absolute Gasteiger partial charge is 0.438 e. The maximum Gasteiger partial charge on any atom is 0.227 e. The van der Waals surface area contributed by atoms with Gasteiger partial charge in [0.2, 0.25) is 5.71 Å². The molecule has 23 heavy (non-hydrogen) atoms. The molecule has 0 atom stereocenters. The van der Waals surface area contributed by atoms with Gasteiger partial charge in [0.05, 0.1) is 11.4 Å². The van der Waals surface area contributed by atoms with E-state index >= 15 is 0 Å². The van der Waals surface area contributed by atoms with Gasteiger partial charge in [-0.2, -0.15) is 0 Å². The van der Waals surface area contributed by atoms with Crippen LogP contribution in [0.1, 0.15) is 0 Å². The summed E-state index contributed by atoms with van der Waals surface area (Å²) < 4.78 is 5.85. The van der Waals surface area contributed by atoms with E-state index in [9.17, 15) is 0 Å². The summed E-state index contributed by atoms with van der Waals surface area (Å²) in [7, 11) is 0. The second-order valence-electron chi connectivity index (χ2n) is 5.44. The number of furan rings is 1. The third-order valence-electron chi connectivity index (χ3n) is 4.03. The second-order valence-corrected chi connectivity index (χ2v) is 5.44. The molecule has 0 radical (unpaired) electrons. The van der Waals surface area contributed by atoms with Crippen molar-refractivity contribution in [2.75, 3.05) is 0 Å². The van der Waals surface area contributed by atoms with Gasteiger partial charge in [-0.05, 0) is 35.7 Å². The van der Waals surface area contributed by atoms with Crippen LogP contribution in [0.5, 0.6) is 0 Å². The molecular weight excluding hydrogens is 286 g/mol. The fraction of sp³-hybridized carbons (Fsp3) is 0. The molecule has 0 saturated carbocycles. The lowest BCUT2D eigenvalue weighted by atomic mass is 10.1. The maximum atomic E-state index is 5.85. The van der Waals surface area contributed by atoms with Gasteiger partial charge in [0.15, 0.2) is 0 Å². The smallest absolute Gasteiger partial charge is 0.227 e. The van der Waals surface area contributed by atoms with E-state index in [2.05, 4.69) is 15.0 Å². The first-order chi connectivity index (χ1) is 11.4. The Balaban J connectivity index is 1.73. The number of fused-ring (bicyclic) bond motifs is 4. The Morgan fingerprint density at radius 1 is 0.783 bits per heavy atom. The highest BCUT2D eigenvalue weighted by Gasteiger charge is 2.10. The van der Waals surface area contributed by atoms with E-state index in [1.54, 1.807) is 6.20 Å². The van der Waals surface area contributed by atoms with Crippen LogP contribution in [-0.2, 0) is 0 Å². The van der Waals surface area contributed by atoms with Crippen molar-refractivity contribution in [1.82, 2.24) is 15.0 Å². The second kappa shape index (κ2) is 4.61. The van der Waals surface area contributed by atoms with Crippen LogP contribution >= 0.6 is 0 Å². The van der Waals surface area contributed by atoms with Crippen LogP contribution in [0.4, 0.5) is 0 Å². The zero-order chi connectivity index (χ0) is 15.2. The van der Waals surface area contributed by atoms with Gasteiger partial charge in [0.25, 0.3) is 0 Å². The normalized spacial score (nSPS) is 11.5. The number of nitrogens with zero attached hydrogens (tertiary/aromatic N) is 3. The molecule has 108 valence electrons. The zero-order valence-corrected chi connectivity index (χ0v) is 12.1. The number of benzene rings is 1. The van der Waals surface area contributed by atoms with E-state index in [1.807, 2.05) is 60.9 Å². The molecule has 0 aliphatic carbocycles. The van der Waals surface area contributed by atoms with E-state index < -0.39 is 0 Å². The molecule has 0 spiro atoms. The molecule has 5 aromatic rings. The first-order valence-corrected chi connectivity index (χ1v) is 7.37. The molecule has 0 aliphatic heterocycles. The molecule has 0 fully saturated rings. The summed E-state index contributed by atoms with van der Waals surface area (Å²) in [4.78, 5) is 13.2. The molecule has 4 heterocycles. The van der Waals surface area contributed by atoms with E-state index in [0.717, 1.165) is 38.5 Å². The van der Waals surface area contributed by atoms with Crippen LogP contribution in [-0.4, -0.2) is 15.0 Å². The third-order valence-corrected chi connectivity index (χ3v) is 4.03. The average Bonchev–Trinajstić information content (AvgIpc) is 2.99. The Bertz CT molecular complexity index is 1180. The van der Waals surface area contributed by atoms with E-state index in [0.29, 0.717) is 5.71 Å². The summed E-state index contributed by atoms with van der Waals surface area (Å²) >= 11 is 0. The summed E-state index contributed by atoms with van der Waals surface area (Å²) in [5, 5.41) is 4.21. The number of rotatable bonds is 1. The maximum absolute atomic E-state index is 5.85. The van der Waals surface area contributed by atoms with Gasteiger partial charge < -0.3 is 4.42 Å². The van der Waals surface area contributed by atoms with Gasteiger partial charge >= 0.3 is 0 Å². The summed E-state index contributed by atoms with van der Waals surface area (Å²) in [6.07, 6.45) is 5.41. The molecule has 0 aliphatic rings. The Morgan fingerprint density at radius 2 is 1.74 bits per heavy atom. The lowest BCUT2D eigenvalue weighted by molar-refractivity contribution is 0.654. The van der Waals surface area contributed by atoms with E-state index in [-0.39, 0.29) is 0 Å². The molecule has 0 saturated heterocycles. The predicted molar refractivity (Wildman–Crippen MR) is 90.0 cm³/mol. The number of hydrogen-bond donors (Lipinski definition) is 0. The molecule has 0 unspecified atom stereocenters. The van der Waals surface area contributed by atoms with Crippen molar-refractivity contribution >= 4 is 32.8 Å². The Hall–Kier alpha value is -3.27. The number of pyridine rings is 3. The first-order valence-electron chi connectivity index (χ1n) is 7.37. The molecule has 0 bridgehead atoms. The number of para-hydroxylation sites is 1. The van der Waals surface area contributed by atoms with E-state index in [1.165, 1.54) is 0 Å². The Kier molecular flexibility index (Phi) is 2.46. The van der Waals surface area contributed by atoms with Gasteiger partial charge in [-0.25, -0.2) is 4.98 Å². The predicted octanol–water partition coefficient (Wildman–Crippen LogP) is 4.59. The SMILES string of the molecule is c1ccc2c(c1)oc1nc(-c3cc4ccncc4cn3)ccc12. The number of hydrogen-bond acceptors (Lipinski definition) is 4. The summed E-state index contributed by atoms with van der Waals surface area (Å²) in [5.74, 6) is 0. The van der Waals surface area contributed by atoms with Crippen molar-refractivity contribution in [1.29, 1.82) is 0 Å². The molecule has 1 aromatic carbocycles.